The Kier molecular flexibility index (Phi) is 5.43. The summed E-state index contributed by atoms with van der Waals surface area (Å²) >= 11 is 1.56. The number of carbonyl (C=O) groups excluding carboxylic acids is 2. The van der Waals surface area contributed by atoms with Crippen LogP contribution in [0.15, 0.2) is 48.5 Å². The fraction of sp³-hybridized carbons (Fsp3) is 0.250. The van der Waals surface area contributed by atoms with Crippen LogP contribution >= 0.6 is 11.8 Å². The number of amides is 1. The van der Waals surface area contributed by atoms with Gasteiger partial charge in [0, 0.05) is 11.1 Å². The third-order valence-electron chi connectivity index (χ3n) is 5.29. The van der Waals surface area contributed by atoms with E-state index >= 15 is 0 Å². The summed E-state index contributed by atoms with van der Waals surface area (Å²) in [5.41, 5.74) is 2.86. The second-order valence-corrected chi connectivity index (χ2v) is 8.99. The van der Waals surface area contributed by atoms with Crippen molar-refractivity contribution >= 4 is 28.6 Å². The fourth-order valence-corrected chi connectivity index (χ4v) is 5.55. The van der Waals surface area contributed by atoms with Crippen LogP contribution in [0.2, 0.25) is 0 Å². The molecule has 0 atom stereocenters. The summed E-state index contributed by atoms with van der Waals surface area (Å²) in [7, 11) is -4.94. The number of hydrogen-bond acceptors (Lipinski definition) is 7. The molecule has 1 N–H and O–H groups in total. The summed E-state index contributed by atoms with van der Waals surface area (Å²) in [5.74, 6) is -0.0494. The number of thioether (sulfide) groups is 1. The van der Waals surface area contributed by atoms with E-state index in [4.69, 9.17) is 18.6 Å². The lowest BCUT2D eigenvalue weighted by atomic mass is 9.76. The molecule has 2 aliphatic heterocycles. The van der Waals surface area contributed by atoms with Gasteiger partial charge in [-0.25, -0.2) is 28.7 Å². The molecular formula is C20H17ClN2O6S. The number of hydrogen-bond donors (Lipinski definition) is 1. The predicted octanol–water partition coefficient (Wildman–Crippen LogP) is -2.26. The van der Waals surface area contributed by atoms with E-state index in [0.717, 1.165) is 42.2 Å². The molecule has 2 aromatic carbocycles. The first-order valence-electron chi connectivity index (χ1n) is 9.19. The van der Waals surface area contributed by atoms with Crippen LogP contribution in [0.25, 0.3) is 0 Å². The smallest absolute Gasteiger partial charge is 0.289 e. The minimum atomic E-state index is -4.94. The summed E-state index contributed by atoms with van der Waals surface area (Å²) < 4.78 is 35.3. The fourth-order valence-electron chi connectivity index (χ4n) is 4.09. The number of nitrogens with one attached hydrogen (secondary N) is 1. The van der Waals surface area contributed by atoms with Crippen molar-refractivity contribution in [2.45, 2.75) is 17.6 Å². The van der Waals surface area contributed by atoms with Gasteiger partial charge in [0.2, 0.25) is 0 Å². The summed E-state index contributed by atoms with van der Waals surface area (Å²) in [6.07, 6.45) is 2.30. The van der Waals surface area contributed by atoms with Gasteiger partial charge in [0.15, 0.2) is 10.5 Å². The van der Waals surface area contributed by atoms with E-state index in [1.54, 1.807) is 11.8 Å². The lowest BCUT2D eigenvalue weighted by molar-refractivity contribution is -2.00. The highest BCUT2D eigenvalue weighted by molar-refractivity contribution is 8.15. The van der Waals surface area contributed by atoms with Crippen LogP contribution in [0, 0.1) is 10.2 Å². The number of amidine groups is 1. The number of rotatable bonds is 0. The predicted molar refractivity (Wildman–Crippen MR) is 97.1 cm³/mol. The third-order valence-corrected chi connectivity index (χ3v) is 6.77. The maximum Gasteiger partial charge on any atom is 0.333 e. The lowest BCUT2D eigenvalue weighted by Gasteiger charge is -2.31. The molecule has 0 unspecified atom stereocenters. The zero-order valence-electron chi connectivity index (χ0n) is 15.6. The van der Waals surface area contributed by atoms with Gasteiger partial charge < -0.3 is 0 Å². The number of ketones is 1. The van der Waals surface area contributed by atoms with Gasteiger partial charge in [0.05, 0.1) is 13.1 Å². The highest BCUT2D eigenvalue weighted by Crippen LogP contribution is 2.52. The molecule has 0 aromatic heterocycles. The molecule has 0 bridgehead atoms. The Morgan fingerprint density at radius 3 is 1.83 bits per heavy atom. The Morgan fingerprint density at radius 2 is 1.33 bits per heavy atom. The first kappa shape index (κ1) is 21.0. The van der Waals surface area contributed by atoms with Gasteiger partial charge >= 0.3 is 11.1 Å². The standard InChI is InChI=1S/C20H16N2O2S.ClHO4/c23-17-13-7-1-3-9-15(13)20(16-10-4-2-8-14(16)17)18(24)21-19(25-20)22-11-5-6-12-22;2-1(3,4)5/h1-4,7-10H,5-6,11-12H2;(H,2,3,4,5). The normalized spacial score (nSPS) is 19.2. The average molecular weight is 449 g/mol. The van der Waals surface area contributed by atoms with Gasteiger partial charge in [-0.3, -0.25) is 9.37 Å². The van der Waals surface area contributed by atoms with Crippen LogP contribution in [0.5, 0.6) is 0 Å². The Balaban J connectivity index is 0.000000393. The van der Waals surface area contributed by atoms with Crippen LogP contribution < -0.4 is 24.0 Å². The van der Waals surface area contributed by atoms with E-state index in [1.807, 2.05) is 48.5 Å². The summed E-state index contributed by atoms with van der Waals surface area (Å²) in [5, 5.41) is 4.03. The third kappa shape index (κ3) is 3.64. The summed E-state index contributed by atoms with van der Waals surface area (Å²) in [4.78, 5) is 26.2. The molecule has 1 amide bonds. The van der Waals surface area contributed by atoms with Gasteiger partial charge in [-0.1, -0.05) is 48.5 Å². The molecule has 10 heteroatoms. The second kappa shape index (κ2) is 7.77. The van der Waals surface area contributed by atoms with Crippen molar-refractivity contribution in [3.63, 3.8) is 0 Å². The Bertz CT molecular complexity index is 1000. The molecule has 2 fully saturated rings. The van der Waals surface area contributed by atoms with Crippen LogP contribution in [0.1, 0.15) is 39.9 Å². The van der Waals surface area contributed by atoms with Gasteiger partial charge in [0.1, 0.15) is 0 Å². The topological polar surface area (TPSA) is 141 Å². The van der Waals surface area contributed by atoms with Gasteiger partial charge in [-0.05, 0) is 35.7 Å². The van der Waals surface area contributed by atoms with Crippen LogP contribution in [0.3, 0.4) is 0 Å². The number of nitrogens with zero attached hydrogens (tertiary/aromatic N) is 1. The lowest BCUT2D eigenvalue weighted by Crippen LogP contribution is -2.68. The van der Waals surface area contributed by atoms with Gasteiger partial charge in [0.25, 0.3) is 0 Å². The highest BCUT2D eigenvalue weighted by Gasteiger charge is 2.59. The summed E-state index contributed by atoms with van der Waals surface area (Å²) in [6, 6.07) is 15.0. The molecule has 0 radical (unpaired) electrons. The molecular weight excluding hydrogens is 432 g/mol. The van der Waals surface area contributed by atoms with Crippen molar-refractivity contribution in [1.82, 2.24) is 5.32 Å². The number of halogens is 1. The van der Waals surface area contributed by atoms with E-state index < -0.39 is 15.0 Å². The van der Waals surface area contributed by atoms with Crippen LogP contribution in [0.4, 0.5) is 0 Å². The van der Waals surface area contributed by atoms with Crippen LogP contribution in [-0.2, 0) is 9.54 Å². The quantitative estimate of drug-likeness (QED) is 0.448. The Labute approximate surface area is 178 Å². The summed E-state index contributed by atoms with van der Waals surface area (Å²) in [6.45, 7) is 1.95. The molecule has 30 heavy (non-hydrogen) atoms. The molecule has 2 saturated heterocycles. The molecule has 1 spiro atoms. The molecule has 2 aromatic rings. The van der Waals surface area contributed by atoms with Crippen molar-refractivity contribution in [2.75, 3.05) is 13.1 Å². The zero-order chi connectivity index (χ0) is 21.5. The zero-order valence-corrected chi connectivity index (χ0v) is 17.2. The SMILES string of the molecule is O=C1c2ccccc2C2(SC(=[N+]3CCCC3)NC2=O)c2ccccc21.[O-][Cl+3]([O-])([O-])[O-]. The monoisotopic (exact) mass is 448 g/mol. The first-order chi connectivity index (χ1) is 14.2. The molecule has 3 aliphatic rings. The van der Waals surface area contributed by atoms with Crippen molar-refractivity contribution < 1.29 is 43.0 Å². The number of benzene rings is 2. The van der Waals surface area contributed by atoms with Crippen LogP contribution in [-0.4, -0.2) is 34.5 Å². The minimum Gasteiger partial charge on any atom is -0.289 e. The molecule has 5 rings (SSSR count). The Hall–Kier alpha value is -2.27. The molecule has 8 nitrogen and oxygen atoms in total. The van der Waals surface area contributed by atoms with Gasteiger partial charge in [-0.2, -0.15) is 0 Å². The highest BCUT2D eigenvalue weighted by atomic mass is 35.7. The van der Waals surface area contributed by atoms with E-state index in [1.165, 1.54) is 0 Å². The maximum absolute atomic E-state index is 13.3. The van der Waals surface area contributed by atoms with Crippen molar-refractivity contribution in [1.29, 1.82) is 0 Å². The molecule has 0 saturated carbocycles. The van der Waals surface area contributed by atoms with E-state index in [2.05, 4.69) is 9.89 Å². The van der Waals surface area contributed by atoms with E-state index in [-0.39, 0.29) is 11.7 Å². The molecule has 1 aliphatic carbocycles. The number of carbonyl (C=O) groups is 2. The number of fused-ring (bicyclic) bond motifs is 4. The largest absolute Gasteiger partial charge is 0.333 e. The van der Waals surface area contributed by atoms with Gasteiger partial charge in [-0.15, -0.1) is 10.2 Å². The average Bonchev–Trinajstić information content (AvgIpc) is 3.34. The molecule has 2 heterocycles. The Morgan fingerprint density at radius 1 is 0.867 bits per heavy atom. The molecule has 156 valence electrons. The minimum absolute atomic E-state index is 0.000141. The van der Waals surface area contributed by atoms with E-state index in [0.29, 0.717) is 11.1 Å². The van der Waals surface area contributed by atoms with Crippen molar-refractivity contribution in [3.05, 3.63) is 70.8 Å². The van der Waals surface area contributed by atoms with Crippen molar-refractivity contribution in [2.24, 2.45) is 0 Å². The second-order valence-electron chi connectivity index (χ2n) is 7.03. The maximum atomic E-state index is 13.3. The van der Waals surface area contributed by atoms with Crippen molar-refractivity contribution in [3.8, 4) is 0 Å². The first-order valence-corrected chi connectivity index (χ1v) is 11.2. The van der Waals surface area contributed by atoms with E-state index in [9.17, 15) is 9.59 Å².